The molecule has 1 saturated heterocycles. The van der Waals surface area contributed by atoms with E-state index in [2.05, 4.69) is 18.7 Å². The van der Waals surface area contributed by atoms with E-state index in [9.17, 15) is 4.79 Å². The van der Waals surface area contributed by atoms with Crippen LogP contribution in [0, 0.1) is 17.8 Å². The summed E-state index contributed by atoms with van der Waals surface area (Å²) in [6.45, 7) is 6.04. The summed E-state index contributed by atoms with van der Waals surface area (Å²) < 4.78 is 0. The first-order chi connectivity index (χ1) is 9.11. The number of amides is 1. The quantitative estimate of drug-likeness (QED) is 0.850. The number of nitrogens with two attached hydrogens (primary N) is 1. The molecule has 0 radical (unpaired) electrons. The first-order valence-electron chi connectivity index (χ1n) is 8.11. The van der Waals surface area contributed by atoms with Gasteiger partial charge in [-0.2, -0.15) is 0 Å². The smallest absolute Gasteiger partial charge is 0.223 e. The molecule has 1 aliphatic heterocycles. The van der Waals surface area contributed by atoms with E-state index in [-0.39, 0.29) is 0 Å². The number of nitrogens with zero attached hydrogens (tertiary/aromatic N) is 1. The largest absolute Gasteiger partial charge is 0.340 e. The number of hydrogen-bond donors (Lipinski definition) is 1. The summed E-state index contributed by atoms with van der Waals surface area (Å²) in [7, 11) is 0. The van der Waals surface area contributed by atoms with Gasteiger partial charge in [0.25, 0.3) is 0 Å². The Morgan fingerprint density at radius 3 is 2.58 bits per heavy atom. The van der Waals surface area contributed by atoms with Gasteiger partial charge in [0.2, 0.25) is 5.91 Å². The lowest BCUT2D eigenvalue weighted by molar-refractivity contribution is -0.133. The van der Waals surface area contributed by atoms with Crippen molar-refractivity contribution < 1.29 is 4.79 Å². The van der Waals surface area contributed by atoms with Crippen molar-refractivity contribution in [1.82, 2.24) is 4.90 Å². The van der Waals surface area contributed by atoms with Gasteiger partial charge in [-0.25, -0.2) is 0 Å². The van der Waals surface area contributed by atoms with Crippen molar-refractivity contribution >= 4 is 5.91 Å². The van der Waals surface area contributed by atoms with E-state index in [1.165, 1.54) is 32.1 Å². The van der Waals surface area contributed by atoms with Crippen LogP contribution >= 0.6 is 0 Å². The summed E-state index contributed by atoms with van der Waals surface area (Å²) in [6, 6.07) is 0.389. The molecule has 0 aromatic carbocycles. The number of likely N-dealkylation sites (tertiary alicyclic amines) is 1. The molecule has 2 rings (SSSR count). The topological polar surface area (TPSA) is 46.3 Å². The van der Waals surface area contributed by atoms with Gasteiger partial charge in [-0.1, -0.05) is 39.0 Å². The van der Waals surface area contributed by atoms with Crippen LogP contribution in [-0.2, 0) is 4.79 Å². The molecule has 1 saturated carbocycles. The van der Waals surface area contributed by atoms with Crippen LogP contribution in [0.2, 0.25) is 0 Å². The lowest BCUT2D eigenvalue weighted by Crippen LogP contribution is -2.36. The van der Waals surface area contributed by atoms with Gasteiger partial charge in [0, 0.05) is 19.0 Å². The second-order valence-corrected chi connectivity index (χ2v) is 6.81. The molecule has 0 aromatic heterocycles. The monoisotopic (exact) mass is 266 g/mol. The second kappa shape index (κ2) is 6.74. The Labute approximate surface area is 117 Å². The van der Waals surface area contributed by atoms with Gasteiger partial charge in [-0.3, -0.25) is 4.79 Å². The van der Waals surface area contributed by atoms with E-state index >= 15 is 0 Å². The maximum absolute atomic E-state index is 12.5. The van der Waals surface area contributed by atoms with Crippen LogP contribution in [0.3, 0.4) is 0 Å². The zero-order valence-corrected chi connectivity index (χ0v) is 12.6. The van der Waals surface area contributed by atoms with Gasteiger partial charge in [0.1, 0.15) is 0 Å². The molecular weight excluding hydrogens is 236 g/mol. The Kier molecular flexibility index (Phi) is 5.26. The van der Waals surface area contributed by atoms with E-state index in [1.54, 1.807) is 0 Å². The molecule has 1 heterocycles. The van der Waals surface area contributed by atoms with Crippen molar-refractivity contribution in [2.24, 2.45) is 23.5 Å². The predicted molar refractivity (Wildman–Crippen MR) is 78.7 cm³/mol. The molecule has 1 amide bonds. The van der Waals surface area contributed by atoms with Crippen molar-refractivity contribution in [1.29, 1.82) is 0 Å². The van der Waals surface area contributed by atoms with E-state index in [0.29, 0.717) is 30.3 Å². The zero-order valence-electron chi connectivity index (χ0n) is 12.6. The fourth-order valence-corrected chi connectivity index (χ4v) is 3.92. The molecule has 3 nitrogen and oxygen atoms in total. The van der Waals surface area contributed by atoms with Crippen LogP contribution in [0.1, 0.15) is 58.8 Å². The highest BCUT2D eigenvalue weighted by atomic mass is 16.2. The van der Waals surface area contributed by atoms with Gasteiger partial charge in [0.05, 0.1) is 0 Å². The summed E-state index contributed by atoms with van der Waals surface area (Å²) in [6.07, 6.45) is 8.59. The lowest BCUT2D eigenvalue weighted by Gasteiger charge is -2.29. The van der Waals surface area contributed by atoms with E-state index in [0.717, 1.165) is 25.3 Å². The molecule has 3 atom stereocenters. The van der Waals surface area contributed by atoms with Crippen molar-refractivity contribution in [3.8, 4) is 0 Å². The van der Waals surface area contributed by atoms with Crippen molar-refractivity contribution in [3.63, 3.8) is 0 Å². The minimum absolute atomic E-state index is 0.363. The maximum Gasteiger partial charge on any atom is 0.223 e. The summed E-state index contributed by atoms with van der Waals surface area (Å²) in [5.74, 6) is 2.21. The number of hydrogen-bond acceptors (Lipinski definition) is 2. The molecule has 1 aliphatic carbocycles. The molecule has 110 valence electrons. The van der Waals surface area contributed by atoms with Crippen molar-refractivity contribution in [3.05, 3.63) is 0 Å². The van der Waals surface area contributed by atoms with Gasteiger partial charge in [0.15, 0.2) is 0 Å². The van der Waals surface area contributed by atoms with E-state index in [1.807, 2.05) is 0 Å². The molecule has 2 fully saturated rings. The summed E-state index contributed by atoms with van der Waals surface area (Å²) in [4.78, 5) is 14.5. The summed E-state index contributed by atoms with van der Waals surface area (Å²) >= 11 is 0. The minimum Gasteiger partial charge on any atom is -0.340 e. The average molecular weight is 266 g/mol. The molecule has 19 heavy (non-hydrogen) atoms. The Balaban J connectivity index is 1.83. The third-order valence-corrected chi connectivity index (χ3v) is 5.27. The van der Waals surface area contributed by atoms with Crippen LogP contribution in [0.5, 0.6) is 0 Å². The fraction of sp³-hybridized carbons (Fsp3) is 0.938. The van der Waals surface area contributed by atoms with Crippen LogP contribution < -0.4 is 5.73 Å². The number of rotatable bonds is 4. The highest BCUT2D eigenvalue weighted by Gasteiger charge is 2.33. The Morgan fingerprint density at radius 2 is 2.00 bits per heavy atom. The van der Waals surface area contributed by atoms with Crippen LogP contribution in [-0.4, -0.2) is 29.9 Å². The molecule has 2 N–H and O–H groups in total. The zero-order chi connectivity index (χ0) is 13.8. The normalized spacial score (nSPS) is 30.6. The number of carbonyl (C=O) groups excluding carboxylic acids is 1. The first-order valence-corrected chi connectivity index (χ1v) is 8.11. The second-order valence-electron chi connectivity index (χ2n) is 6.81. The van der Waals surface area contributed by atoms with Crippen molar-refractivity contribution in [2.75, 3.05) is 13.1 Å². The average Bonchev–Trinajstić information content (AvgIpc) is 2.81. The molecule has 3 unspecified atom stereocenters. The highest BCUT2D eigenvalue weighted by Crippen LogP contribution is 2.32. The van der Waals surface area contributed by atoms with Crippen molar-refractivity contribution in [2.45, 2.75) is 64.8 Å². The molecule has 0 spiro atoms. The van der Waals surface area contributed by atoms with Gasteiger partial charge in [-0.05, 0) is 37.6 Å². The first kappa shape index (κ1) is 14.8. The molecule has 0 bridgehead atoms. The lowest BCUT2D eigenvalue weighted by atomic mass is 9.79. The minimum atomic E-state index is 0.363. The maximum atomic E-state index is 12.5. The summed E-state index contributed by atoms with van der Waals surface area (Å²) in [5, 5.41) is 0. The van der Waals surface area contributed by atoms with Crippen LogP contribution in [0.15, 0.2) is 0 Å². The molecule has 3 heteroatoms. The van der Waals surface area contributed by atoms with E-state index < -0.39 is 0 Å². The van der Waals surface area contributed by atoms with Gasteiger partial charge >= 0.3 is 0 Å². The Bertz CT molecular complexity index is 299. The highest BCUT2D eigenvalue weighted by molar-refractivity contribution is 5.77. The number of carbonyl (C=O) groups is 1. The SMILES string of the molecule is CC(CC(=O)N1CC(CN)CC1C)C1CCCCC1. The fourth-order valence-electron chi connectivity index (χ4n) is 3.92. The summed E-state index contributed by atoms with van der Waals surface area (Å²) in [5.41, 5.74) is 5.74. The van der Waals surface area contributed by atoms with E-state index in [4.69, 9.17) is 5.73 Å². The van der Waals surface area contributed by atoms with Crippen LogP contribution in [0.4, 0.5) is 0 Å². The third-order valence-electron chi connectivity index (χ3n) is 5.27. The molecule has 2 aliphatic rings. The predicted octanol–water partition coefficient (Wildman–Crippen LogP) is 2.79. The molecular formula is C16H30N2O. The molecule has 0 aromatic rings. The standard InChI is InChI=1S/C16H30N2O/c1-12(15-6-4-3-5-7-15)8-16(19)18-11-14(10-17)9-13(18)2/h12-15H,3-11,17H2,1-2H3. The third kappa shape index (κ3) is 3.71. The Hall–Kier alpha value is -0.570. The van der Waals surface area contributed by atoms with Gasteiger partial charge in [-0.15, -0.1) is 0 Å². The Morgan fingerprint density at radius 1 is 1.32 bits per heavy atom. The van der Waals surface area contributed by atoms with Crippen LogP contribution in [0.25, 0.3) is 0 Å². The van der Waals surface area contributed by atoms with Gasteiger partial charge < -0.3 is 10.6 Å².